The van der Waals surface area contributed by atoms with E-state index >= 15 is 0 Å². The molecule has 19 heavy (non-hydrogen) atoms. The first-order chi connectivity index (χ1) is 8.90. The molecule has 0 aliphatic heterocycles. The molecule has 5 atom stereocenters. The lowest BCUT2D eigenvalue weighted by Crippen LogP contribution is -2.52. The average molecular weight is 254 g/mol. The van der Waals surface area contributed by atoms with Gasteiger partial charge in [0.25, 0.3) is 0 Å². The molecule has 0 aromatic heterocycles. The molecule has 0 aromatic carbocycles. The molecule has 0 radical (unpaired) electrons. The number of allylic oxidation sites excluding steroid dienone is 4. The molecule has 0 nitrogen and oxygen atoms in total. The summed E-state index contributed by atoms with van der Waals surface area (Å²) in [5, 5.41) is 0. The Labute approximate surface area is 117 Å². The highest BCUT2D eigenvalue weighted by molar-refractivity contribution is 5.52. The summed E-state index contributed by atoms with van der Waals surface area (Å²) in [7, 11) is 0. The highest BCUT2D eigenvalue weighted by Crippen LogP contribution is 2.71. The van der Waals surface area contributed by atoms with Crippen molar-refractivity contribution in [2.75, 3.05) is 0 Å². The van der Waals surface area contributed by atoms with Gasteiger partial charge in [0.15, 0.2) is 0 Å². The van der Waals surface area contributed by atoms with Crippen LogP contribution in [0.25, 0.3) is 0 Å². The number of rotatable bonds is 0. The van der Waals surface area contributed by atoms with Crippen molar-refractivity contribution in [2.24, 2.45) is 40.4 Å². The minimum Gasteiger partial charge on any atom is -0.0592 e. The maximum Gasteiger partial charge on any atom is 0.00220 e. The third-order valence-corrected chi connectivity index (χ3v) is 8.22. The lowest BCUT2D eigenvalue weighted by atomic mass is 9.44. The molecule has 0 heteroatoms. The van der Waals surface area contributed by atoms with Gasteiger partial charge in [-0.3, -0.25) is 0 Å². The molecule has 1 unspecified atom stereocenters. The lowest BCUT2D eigenvalue weighted by molar-refractivity contribution is -0.0452. The Kier molecular flexibility index (Phi) is 1.70. The molecular weight excluding hydrogens is 228 g/mol. The van der Waals surface area contributed by atoms with E-state index < -0.39 is 0 Å². The molecule has 7 aliphatic carbocycles. The van der Waals surface area contributed by atoms with E-state index in [-0.39, 0.29) is 0 Å². The highest BCUT2D eigenvalue weighted by Gasteiger charge is 2.61. The maximum atomic E-state index is 2.70. The Morgan fingerprint density at radius 2 is 1.58 bits per heavy atom. The van der Waals surface area contributed by atoms with Crippen molar-refractivity contribution in [3.05, 3.63) is 22.8 Å². The summed E-state index contributed by atoms with van der Waals surface area (Å²) in [5.74, 6) is 4.73. The molecule has 0 heterocycles. The summed E-state index contributed by atoms with van der Waals surface area (Å²) >= 11 is 0. The van der Waals surface area contributed by atoms with Crippen molar-refractivity contribution in [3.63, 3.8) is 0 Å². The standard InChI is InChI=1S/C19H26/c1-18(2)10-5-12-13-6-11-8-17(19(11,3)4)15(13)9-14(12)16(18)7-10/h9-12,16-17H,5-8H2,1-4H3/t10-,11-,12?,16-,17-/m0/s1. The van der Waals surface area contributed by atoms with Crippen LogP contribution >= 0.6 is 0 Å². The van der Waals surface area contributed by atoms with E-state index in [9.17, 15) is 0 Å². The first kappa shape index (κ1) is 11.2. The van der Waals surface area contributed by atoms with Crippen LogP contribution in [0.1, 0.15) is 53.4 Å². The van der Waals surface area contributed by atoms with E-state index in [4.69, 9.17) is 0 Å². The Balaban J connectivity index is 1.58. The van der Waals surface area contributed by atoms with Crippen LogP contribution < -0.4 is 0 Å². The quantitative estimate of drug-likeness (QED) is 0.572. The van der Waals surface area contributed by atoms with Gasteiger partial charge in [-0.1, -0.05) is 44.9 Å². The van der Waals surface area contributed by atoms with Crippen molar-refractivity contribution in [1.29, 1.82) is 0 Å². The Bertz CT molecular complexity index is 542. The van der Waals surface area contributed by atoms with E-state index in [1.165, 1.54) is 25.7 Å². The second-order valence-electron chi connectivity index (χ2n) is 9.23. The fraction of sp³-hybridized carbons (Fsp3) is 0.789. The molecular formula is C19H26. The van der Waals surface area contributed by atoms with Crippen LogP contribution in [-0.2, 0) is 0 Å². The fourth-order valence-electron chi connectivity index (χ4n) is 6.40. The summed E-state index contributed by atoms with van der Waals surface area (Å²) in [6, 6.07) is 0. The minimum absolute atomic E-state index is 0.599. The van der Waals surface area contributed by atoms with Crippen molar-refractivity contribution in [2.45, 2.75) is 53.4 Å². The van der Waals surface area contributed by atoms with E-state index in [0.29, 0.717) is 10.8 Å². The van der Waals surface area contributed by atoms with Gasteiger partial charge in [0, 0.05) is 5.92 Å². The van der Waals surface area contributed by atoms with E-state index in [1.807, 2.05) is 16.7 Å². The minimum atomic E-state index is 0.599. The van der Waals surface area contributed by atoms with Crippen LogP contribution in [0.2, 0.25) is 0 Å². The zero-order valence-electron chi connectivity index (χ0n) is 12.8. The molecule has 0 N–H and O–H groups in total. The molecule has 0 aromatic rings. The largest absolute Gasteiger partial charge is 0.0592 e. The highest BCUT2D eigenvalue weighted by atomic mass is 14.7. The third kappa shape index (κ3) is 1.04. The summed E-state index contributed by atoms with van der Waals surface area (Å²) in [6.45, 7) is 10.1. The van der Waals surface area contributed by atoms with Gasteiger partial charge in [-0.2, -0.15) is 0 Å². The van der Waals surface area contributed by atoms with Crippen LogP contribution in [0.3, 0.4) is 0 Å². The molecule has 4 fully saturated rings. The van der Waals surface area contributed by atoms with Gasteiger partial charge in [-0.15, -0.1) is 0 Å². The Morgan fingerprint density at radius 1 is 0.895 bits per heavy atom. The molecule has 4 saturated carbocycles. The second kappa shape index (κ2) is 2.90. The number of hydrogen-bond acceptors (Lipinski definition) is 0. The van der Waals surface area contributed by atoms with Gasteiger partial charge < -0.3 is 0 Å². The molecule has 7 rings (SSSR count). The predicted molar refractivity (Wildman–Crippen MR) is 78.6 cm³/mol. The summed E-state index contributed by atoms with van der Waals surface area (Å²) in [5.41, 5.74) is 6.79. The van der Waals surface area contributed by atoms with Crippen molar-refractivity contribution < 1.29 is 0 Å². The summed E-state index contributed by atoms with van der Waals surface area (Å²) in [4.78, 5) is 0. The zero-order chi connectivity index (χ0) is 13.2. The fourth-order valence-corrected chi connectivity index (χ4v) is 6.40. The molecule has 0 spiro atoms. The van der Waals surface area contributed by atoms with Gasteiger partial charge in [0.05, 0.1) is 0 Å². The van der Waals surface area contributed by atoms with Crippen molar-refractivity contribution in [1.82, 2.24) is 0 Å². The zero-order valence-corrected chi connectivity index (χ0v) is 12.8. The second-order valence-corrected chi connectivity index (χ2v) is 9.23. The van der Waals surface area contributed by atoms with Gasteiger partial charge in [-0.25, -0.2) is 0 Å². The molecule has 0 saturated heterocycles. The van der Waals surface area contributed by atoms with Crippen LogP contribution in [-0.4, -0.2) is 0 Å². The van der Waals surface area contributed by atoms with E-state index in [2.05, 4.69) is 33.8 Å². The topological polar surface area (TPSA) is 0 Å². The van der Waals surface area contributed by atoms with Crippen molar-refractivity contribution in [3.8, 4) is 0 Å². The van der Waals surface area contributed by atoms with Crippen LogP contribution in [0.5, 0.6) is 0 Å². The first-order valence-electron chi connectivity index (χ1n) is 8.35. The third-order valence-electron chi connectivity index (χ3n) is 8.22. The van der Waals surface area contributed by atoms with Gasteiger partial charge in [0.1, 0.15) is 0 Å². The Hall–Kier alpha value is -0.520. The molecule has 102 valence electrons. The van der Waals surface area contributed by atoms with Gasteiger partial charge >= 0.3 is 0 Å². The van der Waals surface area contributed by atoms with E-state index in [1.54, 1.807) is 0 Å². The van der Waals surface area contributed by atoms with Crippen LogP contribution in [0.4, 0.5) is 0 Å². The van der Waals surface area contributed by atoms with Gasteiger partial charge in [0.2, 0.25) is 0 Å². The van der Waals surface area contributed by atoms with Crippen LogP contribution in [0, 0.1) is 40.4 Å². The molecule has 4 bridgehead atoms. The summed E-state index contributed by atoms with van der Waals surface area (Å²) in [6.07, 6.45) is 8.59. The summed E-state index contributed by atoms with van der Waals surface area (Å²) < 4.78 is 0. The Morgan fingerprint density at radius 3 is 2.26 bits per heavy atom. The lowest BCUT2D eigenvalue weighted by Gasteiger charge is -2.61. The monoisotopic (exact) mass is 254 g/mol. The molecule has 7 aliphatic rings. The number of hydrogen-bond donors (Lipinski definition) is 0. The average Bonchev–Trinajstić information content (AvgIpc) is 2.75. The first-order valence-corrected chi connectivity index (χ1v) is 8.35. The normalized spacial score (nSPS) is 50.7. The molecule has 0 amide bonds. The van der Waals surface area contributed by atoms with E-state index in [0.717, 1.165) is 29.6 Å². The van der Waals surface area contributed by atoms with Gasteiger partial charge in [-0.05, 0) is 65.8 Å². The SMILES string of the molecule is CC1(C)[C@H]2CC3C(=CC4=C3C[C@H]3C[C@@H]4C3(C)C)[C@@H]1C2. The maximum absolute atomic E-state index is 2.70. The smallest absolute Gasteiger partial charge is 0.00220 e. The van der Waals surface area contributed by atoms with Crippen molar-refractivity contribution >= 4 is 0 Å². The predicted octanol–water partition coefficient (Wildman–Crippen LogP) is 4.97. The van der Waals surface area contributed by atoms with Crippen LogP contribution in [0.15, 0.2) is 22.8 Å².